The van der Waals surface area contributed by atoms with Crippen molar-refractivity contribution in [2.75, 3.05) is 6.61 Å². The van der Waals surface area contributed by atoms with Gasteiger partial charge in [-0.25, -0.2) is 8.42 Å². The molecule has 0 unspecified atom stereocenters. The van der Waals surface area contributed by atoms with Crippen molar-refractivity contribution in [3.8, 4) is 0 Å². The number of aryl methyl sites for hydroxylation is 1. The minimum atomic E-state index is -3.59. The van der Waals surface area contributed by atoms with E-state index >= 15 is 0 Å². The van der Waals surface area contributed by atoms with E-state index < -0.39 is 10.0 Å². The minimum Gasteiger partial charge on any atom is -0.283 e. The lowest BCUT2D eigenvalue weighted by atomic mass is 9.93. The van der Waals surface area contributed by atoms with Crippen LogP contribution < -0.4 is 0 Å². The van der Waals surface area contributed by atoms with Gasteiger partial charge in [0.2, 0.25) is 0 Å². The molecule has 0 radical (unpaired) electrons. The van der Waals surface area contributed by atoms with Gasteiger partial charge in [-0.1, -0.05) is 40.2 Å². The molecule has 1 aliphatic carbocycles. The zero-order chi connectivity index (χ0) is 15.6. The first-order valence-electron chi connectivity index (χ1n) is 8.01. The topological polar surface area (TPSA) is 46.6 Å². The molecule has 0 amide bonds. The molecule has 1 saturated heterocycles. The smallest absolute Gasteiger partial charge is 0.265 e. The van der Waals surface area contributed by atoms with E-state index in [1.165, 1.54) is 29.3 Å². The van der Waals surface area contributed by atoms with Crippen molar-refractivity contribution in [2.45, 2.75) is 56.4 Å². The third-order valence-electron chi connectivity index (χ3n) is 4.38. The molecular formula is C17H23NO3S. The van der Waals surface area contributed by atoms with Gasteiger partial charge < -0.3 is 0 Å². The molecule has 0 spiro atoms. The van der Waals surface area contributed by atoms with Crippen molar-refractivity contribution >= 4 is 10.0 Å². The summed E-state index contributed by atoms with van der Waals surface area (Å²) in [4.78, 5) is 5.76. The monoisotopic (exact) mass is 321 g/mol. The maximum Gasteiger partial charge on any atom is 0.265 e. The van der Waals surface area contributed by atoms with Crippen LogP contribution in [0.5, 0.6) is 0 Å². The molecule has 1 saturated carbocycles. The molecule has 4 nitrogen and oxygen atoms in total. The van der Waals surface area contributed by atoms with Gasteiger partial charge in [-0.15, -0.1) is 0 Å². The SMILES string of the molecule is Cc1ccc(S(=O)(=O)N2OCC[C@H]2C=C2CCCCC2)cc1. The van der Waals surface area contributed by atoms with E-state index in [-0.39, 0.29) is 6.04 Å². The molecule has 1 aromatic carbocycles. The van der Waals surface area contributed by atoms with Crippen LogP contribution in [0.3, 0.4) is 0 Å². The first-order chi connectivity index (χ1) is 10.6. The fraction of sp³-hybridized carbons (Fsp3) is 0.529. The predicted molar refractivity (Wildman–Crippen MR) is 85.7 cm³/mol. The number of hydrogen-bond acceptors (Lipinski definition) is 3. The summed E-state index contributed by atoms with van der Waals surface area (Å²) in [6, 6.07) is 6.77. The van der Waals surface area contributed by atoms with E-state index in [1.54, 1.807) is 12.1 Å². The van der Waals surface area contributed by atoms with Crippen LogP contribution >= 0.6 is 0 Å². The van der Waals surface area contributed by atoms with Crippen LogP contribution in [0.1, 0.15) is 44.1 Å². The lowest BCUT2D eigenvalue weighted by Gasteiger charge is -2.22. The standard InChI is InChI=1S/C17H23NO3S/c1-14-7-9-17(10-8-14)22(19,20)18-16(11-12-21-18)13-15-5-3-2-4-6-15/h7-10,13,16H,2-6,11-12H2,1H3/t16-/m0/s1. The van der Waals surface area contributed by atoms with Crippen molar-refractivity contribution in [3.05, 3.63) is 41.5 Å². The van der Waals surface area contributed by atoms with Gasteiger partial charge >= 0.3 is 0 Å². The maximum absolute atomic E-state index is 12.8. The summed E-state index contributed by atoms with van der Waals surface area (Å²) < 4.78 is 26.7. The Balaban J connectivity index is 1.84. The zero-order valence-corrected chi connectivity index (χ0v) is 13.8. The molecule has 3 rings (SSSR count). The Kier molecular flexibility index (Phi) is 4.66. The van der Waals surface area contributed by atoms with Crippen LogP contribution in [0.15, 0.2) is 40.8 Å². The van der Waals surface area contributed by atoms with Gasteiger partial charge in [-0.05, 0) is 51.2 Å². The molecular weight excluding hydrogens is 298 g/mol. The number of allylic oxidation sites excluding steroid dienone is 1. The first kappa shape index (κ1) is 15.7. The summed E-state index contributed by atoms with van der Waals surface area (Å²) in [6.07, 6.45) is 8.74. The van der Waals surface area contributed by atoms with Crippen LogP contribution in [0.25, 0.3) is 0 Å². The van der Waals surface area contributed by atoms with Gasteiger partial charge in [0.05, 0.1) is 17.5 Å². The number of nitrogens with zero attached hydrogens (tertiary/aromatic N) is 1. The predicted octanol–water partition coefficient (Wildman–Crippen LogP) is 3.58. The van der Waals surface area contributed by atoms with Gasteiger partial charge in [-0.3, -0.25) is 4.84 Å². The molecule has 22 heavy (non-hydrogen) atoms. The van der Waals surface area contributed by atoms with E-state index in [0.717, 1.165) is 24.8 Å². The Morgan fingerprint density at radius 3 is 2.50 bits per heavy atom. The number of benzene rings is 1. The molecule has 1 aromatic rings. The van der Waals surface area contributed by atoms with E-state index in [0.29, 0.717) is 11.5 Å². The van der Waals surface area contributed by atoms with Gasteiger partial charge in [0.1, 0.15) is 0 Å². The summed E-state index contributed by atoms with van der Waals surface area (Å²) in [5.74, 6) is 0. The fourth-order valence-corrected chi connectivity index (χ4v) is 4.54. The lowest BCUT2D eigenvalue weighted by molar-refractivity contribution is -0.0411. The average molecular weight is 321 g/mol. The largest absolute Gasteiger partial charge is 0.283 e. The van der Waals surface area contributed by atoms with Crippen LogP contribution in [-0.4, -0.2) is 25.5 Å². The first-order valence-corrected chi connectivity index (χ1v) is 9.45. The van der Waals surface area contributed by atoms with Crippen LogP contribution in [0, 0.1) is 6.92 Å². The number of rotatable bonds is 3. The van der Waals surface area contributed by atoms with Crippen LogP contribution in [0.4, 0.5) is 0 Å². The number of hydroxylamine groups is 1. The second-order valence-corrected chi connectivity index (χ2v) is 7.93. The van der Waals surface area contributed by atoms with Crippen molar-refractivity contribution < 1.29 is 13.3 Å². The van der Waals surface area contributed by atoms with Crippen LogP contribution in [0.2, 0.25) is 0 Å². The summed E-state index contributed by atoms with van der Waals surface area (Å²) >= 11 is 0. The molecule has 120 valence electrons. The Morgan fingerprint density at radius 1 is 1.14 bits per heavy atom. The minimum absolute atomic E-state index is 0.167. The number of sulfonamides is 1. The highest BCUT2D eigenvalue weighted by atomic mass is 32.2. The normalized spacial score (nSPS) is 23.7. The van der Waals surface area contributed by atoms with Gasteiger partial charge in [0, 0.05) is 0 Å². The molecule has 0 N–H and O–H groups in total. The summed E-state index contributed by atoms with van der Waals surface area (Å²) in [5, 5.41) is 0. The third-order valence-corrected chi connectivity index (χ3v) is 6.10. The molecule has 5 heteroatoms. The van der Waals surface area contributed by atoms with Crippen LogP contribution in [-0.2, 0) is 14.9 Å². The Morgan fingerprint density at radius 2 is 1.82 bits per heavy atom. The molecule has 1 atom stereocenters. The zero-order valence-electron chi connectivity index (χ0n) is 13.0. The summed E-state index contributed by atoms with van der Waals surface area (Å²) in [6.45, 7) is 2.40. The van der Waals surface area contributed by atoms with Gasteiger partial charge in [0.25, 0.3) is 10.0 Å². The van der Waals surface area contributed by atoms with Crippen molar-refractivity contribution in [1.29, 1.82) is 0 Å². The van der Waals surface area contributed by atoms with E-state index in [1.807, 2.05) is 19.1 Å². The summed E-state index contributed by atoms with van der Waals surface area (Å²) in [5.41, 5.74) is 2.42. The van der Waals surface area contributed by atoms with Gasteiger partial charge in [-0.2, -0.15) is 0 Å². The van der Waals surface area contributed by atoms with E-state index in [4.69, 9.17) is 4.84 Å². The molecule has 0 aromatic heterocycles. The highest BCUT2D eigenvalue weighted by molar-refractivity contribution is 7.89. The Bertz CT molecular complexity index is 641. The number of hydrogen-bond donors (Lipinski definition) is 0. The molecule has 2 fully saturated rings. The Hall–Kier alpha value is -1.17. The second kappa shape index (κ2) is 6.52. The summed E-state index contributed by atoms with van der Waals surface area (Å²) in [7, 11) is -3.59. The molecule has 0 bridgehead atoms. The van der Waals surface area contributed by atoms with Gasteiger partial charge in [0.15, 0.2) is 0 Å². The van der Waals surface area contributed by atoms with E-state index in [2.05, 4.69) is 6.08 Å². The molecule has 2 aliphatic rings. The Labute approximate surface area is 132 Å². The van der Waals surface area contributed by atoms with Crippen molar-refractivity contribution in [1.82, 2.24) is 4.47 Å². The van der Waals surface area contributed by atoms with E-state index in [9.17, 15) is 8.42 Å². The fourth-order valence-electron chi connectivity index (χ4n) is 3.12. The highest BCUT2D eigenvalue weighted by Gasteiger charge is 2.36. The lowest BCUT2D eigenvalue weighted by Crippen LogP contribution is -2.33. The molecule has 1 heterocycles. The quantitative estimate of drug-likeness (QED) is 0.799. The second-order valence-electron chi connectivity index (χ2n) is 6.15. The maximum atomic E-state index is 12.8. The van der Waals surface area contributed by atoms with Crippen molar-refractivity contribution in [2.24, 2.45) is 0 Å². The van der Waals surface area contributed by atoms with Crippen molar-refractivity contribution in [3.63, 3.8) is 0 Å². The average Bonchev–Trinajstić information content (AvgIpc) is 2.98. The molecule has 1 aliphatic heterocycles. The highest BCUT2D eigenvalue weighted by Crippen LogP contribution is 2.29. The third kappa shape index (κ3) is 3.26.